The number of nitrogens with zero attached hydrogens (tertiary/aromatic N) is 6. The number of fused-ring (bicyclic) bond motifs is 1. The summed E-state index contributed by atoms with van der Waals surface area (Å²) in [4.78, 5) is 11.0. The van der Waals surface area contributed by atoms with E-state index >= 15 is 0 Å². The van der Waals surface area contributed by atoms with Gasteiger partial charge in [0.2, 0.25) is 10.0 Å². The molecule has 8 nitrogen and oxygen atoms in total. The standard InChI is InChI=1S/C17H20N6O2S/c1-26(24,25)22-9-5-8-21(10-11-22)16-12-15(14-6-3-2-4-7-14)20-17-18-13-19-23(16)17/h2-4,6-7,12-13H,5,8-11H2,1H3. The summed E-state index contributed by atoms with van der Waals surface area (Å²) in [5.74, 6) is 1.41. The molecular weight excluding hydrogens is 352 g/mol. The van der Waals surface area contributed by atoms with Gasteiger partial charge >= 0.3 is 0 Å². The zero-order chi connectivity index (χ0) is 18.1. The highest BCUT2D eigenvalue weighted by molar-refractivity contribution is 7.88. The van der Waals surface area contributed by atoms with E-state index in [1.807, 2.05) is 36.4 Å². The number of anilines is 1. The molecule has 0 N–H and O–H groups in total. The van der Waals surface area contributed by atoms with E-state index in [1.165, 1.54) is 16.9 Å². The molecule has 3 aromatic rings. The molecule has 2 aromatic heterocycles. The van der Waals surface area contributed by atoms with Crippen LogP contribution in [0.25, 0.3) is 17.0 Å². The highest BCUT2D eigenvalue weighted by atomic mass is 32.2. The molecule has 0 spiro atoms. The van der Waals surface area contributed by atoms with Crippen LogP contribution in [0.15, 0.2) is 42.7 Å². The Kier molecular flexibility index (Phi) is 4.33. The molecule has 9 heteroatoms. The summed E-state index contributed by atoms with van der Waals surface area (Å²) in [7, 11) is -3.18. The number of hydrogen-bond acceptors (Lipinski definition) is 6. The maximum Gasteiger partial charge on any atom is 0.254 e. The molecule has 3 heterocycles. The molecule has 4 rings (SSSR count). The van der Waals surface area contributed by atoms with Gasteiger partial charge in [0.1, 0.15) is 12.1 Å². The lowest BCUT2D eigenvalue weighted by atomic mass is 10.1. The largest absolute Gasteiger partial charge is 0.355 e. The van der Waals surface area contributed by atoms with Crippen molar-refractivity contribution in [3.8, 4) is 11.3 Å². The average molecular weight is 372 g/mol. The van der Waals surface area contributed by atoms with Gasteiger partial charge in [-0.3, -0.25) is 0 Å². The maximum absolute atomic E-state index is 11.9. The fourth-order valence-electron chi connectivity index (χ4n) is 3.23. The van der Waals surface area contributed by atoms with Crippen LogP contribution in [0.3, 0.4) is 0 Å². The predicted octanol–water partition coefficient (Wildman–Crippen LogP) is 1.26. The molecule has 1 fully saturated rings. The molecule has 0 saturated carbocycles. The summed E-state index contributed by atoms with van der Waals surface area (Å²) in [6, 6.07) is 11.9. The number of benzene rings is 1. The Balaban J connectivity index is 1.73. The van der Waals surface area contributed by atoms with Gasteiger partial charge in [0.15, 0.2) is 0 Å². The van der Waals surface area contributed by atoms with Crippen LogP contribution in [0.4, 0.5) is 5.82 Å². The van der Waals surface area contributed by atoms with Gasteiger partial charge in [-0.25, -0.2) is 17.7 Å². The van der Waals surface area contributed by atoms with Crippen molar-refractivity contribution < 1.29 is 8.42 Å². The van der Waals surface area contributed by atoms with E-state index in [9.17, 15) is 8.42 Å². The van der Waals surface area contributed by atoms with E-state index in [0.29, 0.717) is 25.4 Å². The van der Waals surface area contributed by atoms with Crippen LogP contribution >= 0.6 is 0 Å². The van der Waals surface area contributed by atoms with E-state index in [1.54, 1.807) is 4.52 Å². The molecule has 0 aliphatic carbocycles. The zero-order valence-electron chi connectivity index (χ0n) is 14.5. The second kappa shape index (κ2) is 6.65. The molecule has 26 heavy (non-hydrogen) atoms. The fraction of sp³-hybridized carbons (Fsp3) is 0.353. The van der Waals surface area contributed by atoms with Crippen LogP contribution in [0.5, 0.6) is 0 Å². The summed E-state index contributed by atoms with van der Waals surface area (Å²) in [6.07, 6.45) is 3.51. The first-order chi connectivity index (χ1) is 12.5. The van der Waals surface area contributed by atoms with Crippen molar-refractivity contribution in [3.05, 3.63) is 42.7 Å². The molecule has 0 radical (unpaired) electrons. The Hall–Kier alpha value is -2.52. The Labute approximate surface area is 152 Å². The molecule has 1 aliphatic rings. The molecule has 0 unspecified atom stereocenters. The van der Waals surface area contributed by atoms with Crippen molar-refractivity contribution in [1.82, 2.24) is 23.9 Å². The first-order valence-electron chi connectivity index (χ1n) is 8.49. The third kappa shape index (κ3) is 3.27. The van der Waals surface area contributed by atoms with E-state index < -0.39 is 10.0 Å². The van der Waals surface area contributed by atoms with Gasteiger partial charge in [-0.05, 0) is 6.42 Å². The van der Waals surface area contributed by atoms with Crippen molar-refractivity contribution in [2.24, 2.45) is 0 Å². The van der Waals surface area contributed by atoms with E-state index in [4.69, 9.17) is 0 Å². The summed E-state index contributed by atoms with van der Waals surface area (Å²) in [5, 5.41) is 4.30. The zero-order valence-corrected chi connectivity index (χ0v) is 15.3. The fourth-order valence-corrected chi connectivity index (χ4v) is 4.11. The van der Waals surface area contributed by atoms with Crippen molar-refractivity contribution in [2.75, 3.05) is 37.3 Å². The molecule has 1 saturated heterocycles. The van der Waals surface area contributed by atoms with Crippen molar-refractivity contribution in [3.63, 3.8) is 0 Å². The SMILES string of the molecule is CS(=O)(=O)N1CCCN(c2cc(-c3ccccc3)nc3ncnn23)CC1. The van der Waals surface area contributed by atoms with Gasteiger partial charge in [0.05, 0.1) is 11.9 Å². The minimum Gasteiger partial charge on any atom is -0.355 e. The van der Waals surface area contributed by atoms with Crippen LogP contribution in [0.1, 0.15) is 6.42 Å². The van der Waals surface area contributed by atoms with E-state index in [-0.39, 0.29) is 0 Å². The number of hydrogen-bond donors (Lipinski definition) is 0. The third-order valence-electron chi connectivity index (χ3n) is 4.55. The normalized spacial score (nSPS) is 16.7. The predicted molar refractivity (Wildman–Crippen MR) is 99.5 cm³/mol. The van der Waals surface area contributed by atoms with Crippen molar-refractivity contribution in [1.29, 1.82) is 0 Å². The maximum atomic E-state index is 11.9. The smallest absolute Gasteiger partial charge is 0.254 e. The molecule has 136 valence electrons. The average Bonchev–Trinajstić information content (AvgIpc) is 2.96. The number of sulfonamides is 1. The summed E-state index contributed by atoms with van der Waals surface area (Å²) in [5.41, 5.74) is 1.83. The van der Waals surface area contributed by atoms with Crippen LogP contribution in [-0.4, -0.2) is 64.7 Å². The van der Waals surface area contributed by atoms with E-state index in [2.05, 4.69) is 20.0 Å². The quantitative estimate of drug-likeness (QED) is 0.688. The van der Waals surface area contributed by atoms with E-state index in [0.717, 1.165) is 30.0 Å². The number of aromatic nitrogens is 4. The molecule has 0 bridgehead atoms. The molecular formula is C17H20N6O2S. The Bertz CT molecular complexity index is 1020. The minimum atomic E-state index is -3.18. The van der Waals surface area contributed by atoms with Gasteiger partial charge in [0, 0.05) is 37.8 Å². The monoisotopic (exact) mass is 372 g/mol. The van der Waals surface area contributed by atoms with Crippen LogP contribution in [0, 0.1) is 0 Å². The van der Waals surface area contributed by atoms with Gasteiger partial charge in [-0.15, -0.1) is 0 Å². The summed E-state index contributed by atoms with van der Waals surface area (Å²) in [6.45, 7) is 2.34. The summed E-state index contributed by atoms with van der Waals surface area (Å²) < 4.78 is 27.0. The van der Waals surface area contributed by atoms with Crippen molar-refractivity contribution >= 4 is 21.6 Å². The second-order valence-corrected chi connectivity index (χ2v) is 8.32. The molecule has 0 amide bonds. The molecule has 0 atom stereocenters. The lowest BCUT2D eigenvalue weighted by Gasteiger charge is -2.23. The van der Waals surface area contributed by atoms with Gasteiger partial charge in [-0.2, -0.15) is 14.6 Å². The first-order valence-corrected chi connectivity index (χ1v) is 10.3. The highest BCUT2D eigenvalue weighted by Gasteiger charge is 2.23. The van der Waals surface area contributed by atoms with Gasteiger partial charge in [-0.1, -0.05) is 30.3 Å². The molecule has 1 aliphatic heterocycles. The minimum absolute atomic E-state index is 0.456. The summed E-state index contributed by atoms with van der Waals surface area (Å²) >= 11 is 0. The number of rotatable bonds is 3. The molecule has 1 aromatic carbocycles. The van der Waals surface area contributed by atoms with Crippen LogP contribution in [-0.2, 0) is 10.0 Å². The van der Waals surface area contributed by atoms with Crippen LogP contribution in [0.2, 0.25) is 0 Å². The lowest BCUT2D eigenvalue weighted by molar-refractivity contribution is 0.437. The highest BCUT2D eigenvalue weighted by Crippen LogP contribution is 2.24. The van der Waals surface area contributed by atoms with Crippen molar-refractivity contribution in [2.45, 2.75) is 6.42 Å². The first kappa shape index (κ1) is 16.9. The Morgan fingerprint density at radius 3 is 2.62 bits per heavy atom. The van der Waals surface area contributed by atoms with Crippen LogP contribution < -0.4 is 4.90 Å². The second-order valence-electron chi connectivity index (χ2n) is 6.34. The topological polar surface area (TPSA) is 83.7 Å². The Morgan fingerprint density at radius 2 is 1.85 bits per heavy atom. The van der Waals surface area contributed by atoms with Gasteiger partial charge < -0.3 is 4.90 Å². The van der Waals surface area contributed by atoms with Gasteiger partial charge in [0.25, 0.3) is 5.78 Å². The Morgan fingerprint density at radius 1 is 1.04 bits per heavy atom. The lowest BCUT2D eigenvalue weighted by Crippen LogP contribution is -2.35. The third-order valence-corrected chi connectivity index (χ3v) is 5.85.